The lowest BCUT2D eigenvalue weighted by atomic mass is 10.0. The molecule has 7 nitrogen and oxygen atoms in total. The first kappa shape index (κ1) is 15.4. The fourth-order valence-electron chi connectivity index (χ4n) is 1.75. The van der Waals surface area contributed by atoms with E-state index >= 15 is 0 Å². The van der Waals surface area contributed by atoms with Gasteiger partial charge in [-0.2, -0.15) is 4.68 Å². The molecule has 0 saturated heterocycles. The molecule has 2 aromatic rings. The van der Waals surface area contributed by atoms with Gasteiger partial charge in [-0.3, -0.25) is 4.79 Å². The van der Waals surface area contributed by atoms with Crippen molar-refractivity contribution in [3.63, 3.8) is 0 Å². The maximum absolute atomic E-state index is 12.4. The molecule has 0 aliphatic carbocycles. The summed E-state index contributed by atoms with van der Waals surface area (Å²) >= 11 is 5.97. The van der Waals surface area contributed by atoms with E-state index in [0.717, 1.165) is 0 Å². The smallest absolute Gasteiger partial charge is 0.253 e. The van der Waals surface area contributed by atoms with E-state index < -0.39 is 0 Å². The zero-order chi connectivity index (χ0) is 15.4. The Hall–Kier alpha value is -1.99. The van der Waals surface area contributed by atoms with E-state index in [-0.39, 0.29) is 24.5 Å². The van der Waals surface area contributed by atoms with Crippen LogP contribution in [0.3, 0.4) is 0 Å². The fraction of sp³-hybridized carbons (Fsp3) is 0.385. The second-order valence-electron chi connectivity index (χ2n) is 4.84. The molecule has 8 heteroatoms. The minimum atomic E-state index is -0.296. The van der Waals surface area contributed by atoms with Crippen molar-refractivity contribution < 1.29 is 9.90 Å². The van der Waals surface area contributed by atoms with E-state index in [9.17, 15) is 4.79 Å². The number of tetrazole rings is 1. The molecule has 0 spiro atoms. The van der Waals surface area contributed by atoms with Crippen LogP contribution in [0, 0.1) is 5.92 Å². The van der Waals surface area contributed by atoms with Crippen LogP contribution in [0.15, 0.2) is 24.5 Å². The molecule has 2 rings (SSSR count). The first-order chi connectivity index (χ1) is 10.0. The Kier molecular flexibility index (Phi) is 4.87. The molecule has 0 aliphatic heterocycles. The number of hydrogen-bond donors (Lipinski definition) is 2. The summed E-state index contributed by atoms with van der Waals surface area (Å²) in [5, 5.41) is 23.3. The van der Waals surface area contributed by atoms with Gasteiger partial charge < -0.3 is 10.4 Å². The van der Waals surface area contributed by atoms with Crippen LogP contribution in [0.2, 0.25) is 5.02 Å². The highest BCUT2D eigenvalue weighted by Crippen LogP contribution is 2.19. The van der Waals surface area contributed by atoms with Gasteiger partial charge in [-0.1, -0.05) is 18.5 Å². The Labute approximate surface area is 126 Å². The standard InChI is InChI=1S/C13H16ClN5O2/c1-8(6-20)9(2)16-13(21)11-5-10(14)3-4-12(11)19-7-15-17-18-19/h3-5,7-9,20H,6H2,1-2H3,(H,16,21). The average Bonchev–Trinajstić information content (AvgIpc) is 3.00. The molecule has 1 aromatic carbocycles. The number of hydrogen-bond acceptors (Lipinski definition) is 5. The van der Waals surface area contributed by atoms with E-state index in [4.69, 9.17) is 16.7 Å². The van der Waals surface area contributed by atoms with E-state index in [1.54, 1.807) is 18.2 Å². The number of aliphatic hydroxyl groups excluding tert-OH is 1. The van der Waals surface area contributed by atoms with Gasteiger partial charge in [0.2, 0.25) is 0 Å². The zero-order valence-corrected chi connectivity index (χ0v) is 12.4. The SMILES string of the molecule is CC(CO)C(C)NC(=O)c1cc(Cl)ccc1-n1cnnn1. The number of nitrogens with one attached hydrogen (secondary N) is 1. The average molecular weight is 310 g/mol. The van der Waals surface area contributed by atoms with E-state index in [1.807, 2.05) is 13.8 Å². The molecule has 1 heterocycles. The molecule has 112 valence electrons. The lowest BCUT2D eigenvalue weighted by molar-refractivity contribution is 0.0916. The van der Waals surface area contributed by atoms with Gasteiger partial charge in [0.25, 0.3) is 5.91 Å². The number of halogens is 1. The first-order valence-electron chi connectivity index (χ1n) is 6.47. The summed E-state index contributed by atoms with van der Waals surface area (Å²) in [5.74, 6) is -0.347. The minimum Gasteiger partial charge on any atom is -0.396 e. The summed E-state index contributed by atoms with van der Waals surface area (Å²) in [7, 11) is 0. The lowest BCUT2D eigenvalue weighted by Crippen LogP contribution is -2.38. The first-order valence-corrected chi connectivity index (χ1v) is 6.85. The van der Waals surface area contributed by atoms with Crippen molar-refractivity contribution in [2.75, 3.05) is 6.61 Å². The molecular formula is C13H16ClN5O2. The Bertz CT molecular complexity index is 617. The van der Waals surface area contributed by atoms with Crippen molar-refractivity contribution in [3.05, 3.63) is 35.1 Å². The highest BCUT2D eigenvalue weighted by Gasteiger charge is 2.19. The zero-order valence-electron chi connectivity index (χ0n) is 11.7. The van der Waals surface area contributed by atoms with Crippen molar-refractivity contribution in [1.82, 2.24) is 25.5 Å². The monoisotopic (exact) mass is 309 g/mol. The molecule has 2 N–H and O–H groups in total. The normalized spacial score (nSPS) is 13.7. The van der Waals surface area contributed by atoms with Crippen molar-refractivity contribution >= 4 is 17.5 Å². The highest BCUT2D eigenvalue weighted by atomic mass is 35.5. The fourth-order valence-corrected chi connectivity index (χ4v) is 1.92. The summed E-state index contributed by atoms with van der Waals surface area (Å²) in [5.41, 5.74) is 0.901. The molecule has 0 saturated carbocycles. The van der Waals surface area contributed by atoms with Crippen molar-refractivity contribution in [2.24, 2.45) is 5.92 Å². The van der Waals surface area contributed by atoms with Crippen LogP contribution in [0.4, 0.5) is 0 Å². The number of nitrogens with zero attached hydrogens (tertiary/aromatic N) is 4. The molecule has 1 aromatic heterocycles. The van der Waals surface area contributed by atoms with Crippen LogP contribution in [0.5, 0.6) is 0 Å². The van der Waals surface area contributed by atoms with Gasteiger partial charge in [0.05, 0.1) is 11.3 Å². The van der Waals surface area contributed by atoms with E-state index in [1.165, 1.54) is 11.0 Å². The van der Waals surface area contributed by atoms with Crippen LogP contribution >= 0.6 is 11.6 Å². The quantitative estimate of drug-likeness (QED) is 0.861. The number of aliphatic hydroxyl groups is 1. The summed E-state index contributed by atoms with van der Waals surface area (Å²) in [4.78, 5) is 12.4. The van der Waals surface area contributed by atoms with Crippen LogP contribution in [0.25, 0.3) is 5.69 Å². The summed E-state index contributed by atoms with van der Waals surface area (Å²) in [6.45, 7) is 3.68. The minimum absolute atomic E-state index is 0.00313. The van der Waals surface area contributed by atoms with Gasteiger partial charge in [0, 0.05) is 17.7 Å². The van der Waals surface area contributed by atoms with Crippen LogP contribution in [0.1, 0.15) is 24.2 Å². The van der Waals surface area contributed by atoms with Crippen molar-refractivity contribution in [1.29, 1.82) is 0 Å². The maximum Gasteiger partial charge on any atom is 0.253 e. The second-order valence-corrected chi connectivity index (χ2v) is 5.27. The van der Waals surface area contributed by atoms with Crippen LogP contribution < -0.4 is 5.32 Å². The number of benzene rings is 1. The third-order valence-corrected chi connectivity index (χ3v) is 3.53. The number of rotatable bonds is 5. The molecule has 0 aliphatic rings. The summed E-state index contributed by atoms with van der Waals surface area (Å²) in [6, 6.07) is 4.72. The highest BCUT2D eigenvalue weighted by molar-refractivity contribution is 6.31. The van der Waals surface area contributed by atoms with Gasteiger partial charge in [0.15, 0.2) is 0 Å². The van der Waals surface area contributed by atoms with Crippen molar-refractivity contribution in [2.45, 2.75) is 19.9 Å². The Balaban J connectivity index is 2.30. The van der Waals surface area contributed by atoms with E-state index in [0.29, 0.717) is 16.3 Å². The molecule has 2 atom stereocenters. The molecule has 21 heavy (non-hydrogen) atoms. The number of carbonyl (C=O) groups excluding carboxylic acids is 1. The number of carbonyl (C=O) groups is 1. The van der Waals surface area contributed by atoms with Gasteiger partial charge in [-0.15, -0.1) is 5.10 Å². The molecule has 0 radical (unpaired) electrons. The second kappa shape index (κ2) is 6.64. The number of amides is 1. The van der Waals surface area contributed by atoms with Gasteiger partial charge >= 0.3 is 0 Å². The largest absolute Gasteiger partial charge is 0.396 e. The third-order valence-electron chi connectivity index (χ3n) is 3.30. The third kappa shape index (κ3) is 3.56. The van der Waals surface area contributed by atoms with Crippen LogP contribution in [-0.2, 0) is 0 Å². The van der Waals surface area contributed by atoms with E-state index in [2.05, 4.69) is 20.8 Å². The summed E-state index contributed by atoms with van der Waals surface area (Å²) in [6.07, 6.45) is 1.40. The summed E-state index contributed by atoms with van der Waals surface area (Å²) < 4.78 is 1.39. The van der Waals surface area contributed by atoms with Gasteiger partial charge in [-0.05, 0) is 41.5 Å². The Morgan fingerprint density at radius 2 is 2.24 bits per heavy atom. The predicted molar refractivity (Wildman–Crippen MR) is 77.3 cm³/mol. The molecule has 2 unspecified atom stereocenters. The lowest BCUT2D eigenvalue weighted by Gasteiger charge is -2.20. The Morgan fingerprint density at radius 1 is 1.48 bits per heavy atom. The predicted octanol–water partition coefficient (Wildman–Crippen LogP) is 1.06. The topological polar surface area (TPSA) is 92.9 Å². The molecular weight excluding hydrogens is 294 g/mol. The van der Waals surface area contributed by atoms with Crippen molar-refractivity contribution in [3.8, 4) is 5.69 Å². The van der Waals surface area contributed by atoms with Gasteiger partial charge in [-0.25, -0.2) is 0 Å². The van der Waals surface area contributed by atoms with Gasteiger partial charge in [0.1, 0.15) is 6.33 Å². The Morgan fingerprint density at radius 3 is 2.86 bits per heavy atom. The maximum atomic E-state index is 12.4. The molecule has 0 bridgehead atoms. The molecule has 0 fully saturated rings. The number of aromatic nitrogens is 4. The molecule has 1 amide bonds. The van der Waals surface area contributed by atoms with Crippen LogP contribution in [-0.4, -0.2) is 43.9 Å².